The summed E-state index contributed by atoms with van der Waals surface area (Å²) in [7, 11) is 2.13. The third-order valence-electron chi connectivity index (χ3n) is 9.00. The van der Waals surface area contributed by atoms with Crippen LogP contribution in [0.15, 0.2) is 128 Å². The molecule has 1 aliphatic rings. The van der Waals surface area contributed by atoms with Crippen LogP contribution < -0.4 is 5.32 Å². The van der Waals surface area contributed by atoms with Gasteiger partial charge in [-0.3, -0.25) is 9.78 Å². The van der Waals surface area contributed by atoms with Gasteiger partial charge in [-0.1, -0.05) is 91.9 Å². The number of carbonyl (C=O) groups excluding carboxylic acids is 1. The van der Waals surface area contributed by atoms with Crippen LogP contribution in [0.5, 0.6) is 0 Å². The quantitative estimate of drug-likeness (QED) is 0.151. The van der Waals surface area contributed by atoms with Crippen LogP contribution in [0.25, 0.3) is 11.1 Å². The summed E-state index contributed by atoms with van der Waals surface area (Å²) in [5.74, 6) is -0.00852. The Morgan fingerprint density at radius 3 is 2.31 bits per heavy atom. The minimum atomic E-state index is -0.564. The molecule has 1 saturated heterocycles. The van der Waals surface area contributed by atoms with Crippen molar-refractivity contribution in [2.75, 3.05) is 20.1 Å². The topological polar surface area (TPSA) is 83.9 Å². The molecule has 246 valence electrons. The van der Waals surface area contributed by atoms with Crippen LogP contribution in [0.3, 0.4) is 0 Å². The lowest BCUT2D eigenvalue weighted by Gasteiger charge is -2.42. The number of aliphatic hydroxyl groups is 1. The number of nitrogens with zero attached hydrogens (tertiary/aromatic N) is 2. The van der Waals surface area contributed by atoms with Crippen molar-refractivity contribution in [3.8, 4) is 11.1 Å². The van der Waals surface area contributed by atoms with E-state index in [1.807, 2.05) is 79.0 Å². The smallest absolute Gasteiger partial charge is 0.251 e. The fraction of sp³-hybridized carbons (Fsp3) is 0.268. The van der Waals surface area contributed by atoms with Crippen LogP contribution in [0, 0.1) is 5.92 Å². The molecule has 6 rings (SSSR count). The number of pyridine rings is 1. The van der Waals surface area contributed by atoms with Crippen molar-refractivity contribution in [3.63, 3.8) is 0 Å². The maximum atomic E-state index is 12.6. The molecule has 7 nitrogen and oxygen atoms in total. The number of likely N-dealkylation sites (N-methyl/N-ethyl adjacent to an activating group) is 1. The number of benzene rings is 4. The lowest BCUT2D eigenvalue weighted by Crippen LogP contribution is -2.43. The number of rotatable bonds is 12. The molecule has 1 aliphatic heterocycles. The second-order valence-electron chi connectivity index (χ2n) is 12.5. The molecular formula is C41H43N3O4. The van der Waals surface area contributed by atoms with Gasteiger partial charge in [0.25, 0.3) is 5.91 Å². The highest BCUT2D eigenvalue weighted by Gasteiger charge is 2.38. The van der Waals surface area contributed by atoms with Crippen molar-refractivity contribution in [2.45, 2.75) is 45.0 Å². The molecule has 48 heavy (non-hydrogen) atoms. The van der Waals surface area contributed by atoms with Crippen LogP contribution >= 0.6 is 0 Å². The van der Waals surface area contributed by atoms with Crippen LogP contribution in [0.4, 0.5) is 0 Å². The van der Waals surface area contributed by atoms with E-state index in [4.69, 9.17) is 9.47 Å². The van der Waals surface area contributed by atoms with E-state index < -0.39 is 6.29 Å². The van der Waals surface area contributed by atoms with Gasteiger partial charge in [0.15, 0.2) is 6.29 Å². The Labute approximate surface area is 283 Å². The lowest BCUT2D eigenvalue weighted by atomic mass is 9.90. The summed E-state index contributed by atoms with van der Waals surface area (Å²) < 4.78 is 13.5. The highest BCUT2D eigenvalue weighted by molar-refractivity contribution is 5.94. The zero-order valence-corrected chi connectivity index (χ0v) is 27.5. The van der Waals surface area contributed by atoms with Gasteiger partial charge < -0.3 is 24.8 Å². The first kappa shape index (κ1) is 33.2. The molecule has 1 fully saturated rings. The van der Waals surface area contributed by atoms with Crippen LogP contribution in [-0.2, 0) is 29.0 Å². The fourth-order valence-electron chi connectivity index (χ4n) is 6.18. The molecule has 2 N–H and O–H groups in total. The second kappa shape index (κ2) is 16.0. The Balaban J connectivity index is 1.20. The molecule has 1 amide bonds. The molecule has 4 atom stereocenters. The SMILES string of the molecule is C[C@H]1[C@@H](CN(C)CCc2ccccn2)O[C@@H](c2cccc(-c3cccc(CNC(=O)c4ccccc4)c3)c2)O[C@H]1c1ccc(CO)cc1. The highest BCUT2D eigenvalue weighted by Crippen LogP contribution is 2.42. The van der Waals surface area contributed by atoms with Gasteiger partial charge in [0, 0.05) is 55.0 Å². The van der Waals surface area contributed by atoms with E-state index in [2.05, 4.69) is 77.7 Å². The summed E-state index contributed by atoms with van der Waals surface area (Å²) in [5, 5.41) is 12.6. The first-order valence-electron chi connectivity index (χ1n) is 16.6. The van der Waals surface area contributed by atoms with Crippen LogP contribution in [0.1, 0.15) is 57.6 Å². The molecule has 0 spiro atoms. The van der Waals surface area contributed by atoms with E-state index in [-0.39, 0.29) is 30.6 Å². The zero-order valence-electron chi connectivity index (χ0n) is 27.5. The normalized spacial score (nSPS) is 19.2. The largest absolute Gasteiger partial charge is 0.392 e. The Morgan fingerprint density at radius 1 is 0.812 bits per heavy atom. The number of amides is 1. The van der Waals surface area contributed by atoms with Crippen LogP contribution in [0.2, 0.25) is 0 Å². The van der Waals surface area contributed by atoms with Crippen molar-refractivity contribution >= 4 is 5.91 Å². The summed E-state index contributed by atoms with van der Waals surface area (Å²) in [6, 6.07) is 39.9. The van der Waals surface area contributed by atoms with Gasteiger partial charge in [0.1, 0.15) is 0 Å². The van der Waals surface area contributed by atoms with Gasteiger partial charge in [-0.15, -0.1) is 0 Å². The predicted octanol–water partition coefficient (Wildman–Crippen LogP) is 7.14. The molecular weight excluding hydrogens is 598 g/mol. The Kier molecular flexibility index (Phi) is 11.1. The molecule has 5 aromatic rings. The minimum Gasteiger partial charge on any atom is -0.392 e. The van der Waals surface area contributed by atoms with Crippen molar-refractivity contribution in [3.05, 3.63) is 161 Å². The van der Waals surface area contributed by atoms with Crippen molar-refractivity contribution in [1.82, 2.24) is 15.2 Å². The Bertz CT molecular complexity index is 1760. The summed E-state index contributed by atoms with van der Waals surface area (Å²) in [5.41, 5.74) is 7.71. The predicted molar refractivity (Wildman–Crippen MR) is 188 cm³/mol. The van der Waals surface area contributed by atoms with Crippen molar-refractivity contribution in [2.24, 2.45) is 5.92 Å². The molecule has 4 aromatic carbocycles. The summed E-state index contributed by atoms with van der Waals surface area (Å²) in [6.45, 7) is 4.24. The number of nitrogens with one attached hydrogen (secondary N) is 1. The average molecular weight is 642 g/mol. The number of ether oxygens (including phenoxy) is 2. The minimum absolute atomic E-state index is 0.00414. The standard InChI is InChI=1S/C41H43N3O4/c1-29-38(27-44(2)23-21-37-16-6-7-22-42-37)47-41(48-39(29)32-19-17-30(28-45)18-20-32)36-15-9-14-35(25-36)34-13-8-10-31(24-34)26-43-40(46)33-11-4-3-5-12-33/h3-20,22,24-25,29,38-39,41,45H,21,23,26-28H2,1-2H3,(H,43,46)/t29-,38+,39+,41+/m0/s1. The third-order valence-corrected chi connectivity index (χ3v) is 9.00. The number of aromatic nitrogens is 1. The van der Waals surface area contributed by atoms with E-state index in [0.29, 0.717) is 12.1 Å². The monoisotopic (exact) mass is 641 g/mol. The second-order valence-corrected chi connectivity index (χ2v) is 12.5. The number of carbonyl (C=O) groups is 1. The first-order chi connectivity index (χ1) is 23.5. The molecule has 0 radical (unpaired) electrons. The van der Waals surface area contributed by atoms with Gasteiger partial charge in [0.2, 0.25) is 0 Å². The van der Waals surface area contributed by atoms with E-state index in [1.54, 1.807) is 0 Å². The molecule has 1 aromatic heterocycles. The Morgan fingerprint density at radius 2 is 1.56 bits per heavy atom. The fourth-order valence-corrected chi connectivity index (χ4v) is 6.18. The van der Waals surface area contributed by atoms with E-state index in [1.165, 1.54) is 0 Å². The number of hydrogen-bond acceptors (Lipinski definition) is 6. The van der Waals surface area contributed by atoms with Crippen molar-refractivity contribution < 1.29 is 19.4 Å². The molecule has 7 heteroatoms. The molecule has 0 saturated carbocycles. The molecule has 0 aliphatic carbocycles. The summed E-state index contributed by atoms with van der Waals surface area (Å²) in [4.78, 5) is 19.4. The average Bonchev–Trinajstić information content (AvgIpc) is 3.15. The third kappa shape index (κ3) is 8.43. The molecule has 0 unspecified atom stereocenters. The van der Waals surface area contributed by atoms with Crippen molar-refractivity contribution in [1.29, 1.82) is 0 Å². The van der Waals surface area contributed by atoms with Gasteiger partial charge in [-0.05, 0) is 71.3 Å². The molecule has 2 heterocycles. The first-order valence-corrected chi connectivity index (χ1v) is 16.6. The number of aliphatic hydroxyl groups excluding tert-OH is 1. The van der Waals surface area contributed by atoms with Gasteiger partial charge in [-0.25, -0.2) is 0 Å². The maximum Gasteiger partial charge on any atom is 0.251 e. The van der Waals surface area contributed by atoms with Gasteiger partial charge in [0.05, 0.1) is 18.8 Å². The number of hydrogen-bond donors (Lipinski definition) is 2. The molecule has 0 bridgehead atoms. The summed E-state index contributed by atoms with van der Waals surface area (Å²) in [6.07, 6.45) is 1.86. The van der Waals surface area contributed by atoms with E-state index >= 15 is 0 Å². The summed E-state index contributed by atoms with van der Waals surface area (Å²) >= 11 is 0. The maximum absolute atomic E-state index is 12.6. The lowest BCUT2D eigenvalue weighted by molar-refractivity contribution is -0.275. The van der Waals surface area contributed by atoms with Crippen LogP contribution in [-0.4, -0.2) is 47.1 Å². The van der Waals surface area contributed by atoms with Gasteiger partial charge >= 0.3 is 0 Å². The Hall–Kier alpha value is -4.66. The highest BCUT2D eigenvalue weighted by atomic mass is 16.7. The zero-order chi connectivity index (χ0) is 33.3. The van der Waals surface area contributed by atoms with E-state index in [0.717, 1.165) is 58.6 Å². The van der Waals surface area contributed by atoms with Gasteiger partial charge in [-0.2, -0.15) is 0 Å². The van der Waals surface area contributed by atoms with E-state index in [9.17, 15) is 9.90 Å².